The van der Waals surface area contributed by atoms with Crippen LogP contribution in [-0.4, -0.2) is 12.5 Å². The SMILES string of the molecule is CCCCOc1cc(Br)ccc1[C@@H]1[C@@H](CCCc2ccc(F)cc2)C(=O)N1c1ccc(F)cc1. The Balaban J connectivity index is 1.59. The third kappa shape index (κ3) is 5.49. The first-order valence-electron chi connectivity index (χ1n) is 11.7. The number of ether oxygens (including phenoxy) is 1. The van der Waals surface area contributed by atoms with Gasteiger partial charge in [-0.05, 0) is 79.8 Å². The second kappa shape index (κ2) is 11.1. The summed E-state index contributed by atoms with van der Waals surface area (Å²) >= 11 is 3.53. The lowest BCUT2D eigenvalue weighted by molar-refractivity contribution is -0.130. The van der Waals surface area contributed by atoms with Crippen molar-refractivity contribution in [1.82, 2.24) is 0 Å². The summed E-state index contributed by atoms with van der Waals surface area (Å²) in [6, 6.07) is 18.3. The standard InChI is InChI=1S/C28H28BrF2NO2/c1-2-3-17-34-26-18-20(29)9-16-24(26)27-25(6-4-5-19-7-10-21(30)11-8-19)28(33)32(27)23-14-12-22(31)13-15-23/h7-16,18,25,27H,2-6,17H2,1H3/t25-,27-/m1/s1. The molecular weight excluding hydrogens is 500 g/mol. The lowest BCUT2D eigenvalue weighted by Crippen LogP contribution is -2.55. The fraction of sp³-hybridized carbons (Fsp3) is 0.321. The number of benzene rings is 3. The van der Waals surface area contributed by atoms with Crippen molar-refractivity contribution in [1.29, 1.82) is 0 Å². The van der Waals surface area contributed by atoms with E-state index >= 15 is 0 Å². The summed E-state index contributed by atoms with van der Waals surface area (Å²) in [7, 11) is 0. The number of nitrogens with zero attached hydrogens (tertiary/aromatic N) is 1. The minimum Gasteiger partial charge on any atom is -0.493 e. The van der Waals surface area contributed by atoms with E-state index in [0.29, 0.717) is 18.7 Å². The Morgan fingerprint density at radius 2 is 1.62 bits per heavy atom. The molecule has 4 rings (SSSR count). The highest BCUT2D eigenvalue weighted by molar-refractivity contribution is 9.10. The number of carbonyl (C=O) groups is 1. The van der Waals surface area contributed by atoms with Crippen LogP contribution in [0.5, 0.6) is 5.75 Å². The molecule has 0 N–H and O–H groups in total. The van der Waals surface area contributed by atoms with Crippen LogP contribution in [-0.2, 0) is 11.2 Å². The molecule has 3 nitrogen and oxygen atoms in total. The molecule has 0 spiro atoms. The molecule has 1 saturated heterocycles. The Morgan fingerprint density at radius 1 is 0.941 bits per heavy atom. The van der Waals surface area contributed by atoms with Crippen LogP contribution in [0, 0.1) is 17.6 Å². The smallest absolute Gasteiger partial charge is 0.233 e. The maximum absolute atomic E-state index is 13.5. The molecule has 1 aliphatic rings. The Hall–Kier alpha value is -2.73. The van der Waals surface area contributed by atoms with E-state index in [0.717, 1.165) is 47.0 Å². The first kappa shape index (κ1) is 24.4. The molecule has 1 amide bonds. The fourth-order valence-electron chi connectivity index (χ4n) is 4.46. The number of unbranched alkanes of at least 4 members (excludes halogenated alkanes) is 1. The maximum atomic E-state index is 13.5. The van der Waals surface area contributed by atoms with E-state index < -0.39 is 0 Å². The number of hydrogen-bond donors (Lipinski definition) is 0. The summed E-state index contributed by atoms with van der Waals surface area (Å²) in [5.41, 5.74) is 2.68. The average molecular weight is 528 g/mol. The quantitative estimate of drug-likeness (QED) is 0.200. The molecule has 3 aromatic rings. The summed E-state index contributed by atoms with van der Waals surface area (Å²) < 4.78 is 33.8. The van der Waals surface area contributed by atoms with Crippen molar-refractivity contribution in [3.05, 3.63) is 94.0 Å². The summed E-state index contributed by atoms with van der Waals surface area (Å²) in [4.78, 5) is 15.0. The Bertz CT molecular complexity index is 1120. The summed E-state index contributed by atoms with van der Waals surface area (Å²) in [6.07, 6.45) is 4.24. The third-order valence-corrected chi connectivity index (χ3v) is 6.76. The topological polar surface area (TPSA) is 29.5 Å². The normalized spacial score (nSPS) is 17.5. The van der Waals surface area contributed by atoms with Gasteiger partial charge in [-0.3, -0.25) is 4.79 Å². The minimum absolute atomic E-state index is 0.0261. The zero-order valence-corrected chi connectivity index (χ0v) is 20.7. The minimum atomic E-state index is -0.337. The molecule has 2 atom stereocenters. The summed E-state index contributed by atoms with van der Waals surface area (Å²) in [5, 5.41) is 0. The van der Waals surface area contributed by atoms with E-state index in [2.05, 4.69) is 22.9 Å². The van der Waals surface area contributed by atoms with E-state index in [4.69, 9.17) is 4.74 Å². The highest BCUT2D eigenvalue weighted by Crippen LogP contribution is 2.48. The van der Waals surface area contributed by atoms with Gasteiger partial charge in [0, 0.05) is 15.7 Å². The Morgan fingerprint density at radius 3 is 2.29 bits per heavy atom. The van der Waals surface area contributed by atoms with Gasteiger partial charge in [0.25, 0.3) is 0 Å². The van der Waals surface area contributed by atoms with E-state index in [9.17, 15) is 13.6 Å². The molecule has 0 radical (unpaired) electrons. The first-order valence-corrected chi connectivity index (χ1v) is 12.5. The molecule has 1 aliphatic heterocycles. The molecule has 0 unspecified atom stereocenters. The van der Waals surface area contributed by atoms with Crippen molar-refractivity contribution in [2.75, 3.05) is 11.5 Å². The van der Waals surface area contributed by atoms with E-state index in [1.807, 2.05) is 18.2 Å². The van der Waals surface area contributed by atoms with E-state index in [-0.39, 0.29) is 29.5 Å². The Kier molecular flexibility index (Phi) is 7.99. The molecule has 0 bridgehead atoms. The summed E-state index contributed by atoms with van der Waals surface area (Å²) in [6.45, 7) is 2.72. The number of β-lactam (4-membered cyclic amide) rings is 1. The number of aryl methyl sites for hydroxylation is 1. The van der Waals surface area contributed by atoms with Crippen LogP contribution in [0.15, 0.2) is 71.2 Å². The lowest BCUT2D eigenvalue weighted by Gasteiger charge is -2.48. The molecule has 0 aromatic heterocycles. The Labute approximate surface area is 207 Å². The molecule has 34 heavy (non-hydrogen) atoms. The molecule has 178 valence electrons. The average Bonchev–Trinajstić information content (AvgIpc) is 2.83. The van der Waals surface area contributed by atoms with Crippen LogP contribution in [0.3, 0.4) is 0 Å². The molecular formula is C28H28BrF2NO2. The number of hydrogen-bond acceptors (Lipinski definition) is 2. The van der Waals surface area contributed by atoms with Gasteiger partial charge in [-0.25, -0.2) is 8.78 Å². The number of amides is 1. The molecule has 6 heteroatoms. The third-order valence-electron chi connectivity index (χ3n) is 6.26. The van der Waals surface area contributed by atoms with Gasteiger partial charge in [-0.15, -0.1) is 0 Å². The molecule has 1 fully saturated rings. The van der Waals surface area contributed by atoms with E-state index in [1.165, 1.54) is 24.3 Å². The molecule has 0 aliphatic carbocycles. The molecule has 0 saturated carbocycles. The van der Waals surface area contributed by atoms with Crippen LogP contribution >= 0.6 is 15.9 Å². The van der Waals surface area contributed by atoms with Gasteiger partial charge in [-0.2, -0.15) is 0 Å². The second-order valence-electron chi connectivity index (χ2n) is 8.64. The predicted molar refractivity (Wildman–Crippen MR) is 134 cm³/mol. The largest absolute Gasteiger partial charge is 0.493 e. The number of halogens is 3. The zero-order chi connectivity index (χ0) is 24.1. The van der Waals surface area contributed by atoms with Gasteiger partial charge in [-0.1, -0.05) is 47.5 Å². The first-order chi connectivity index (χ1) is 16.5. The second-order valence-corrected chi connectivity index (χ2v) is 9.55. The monoisotopic (exact) mass is 527 g/mol. The predicted octanol–water partition coefficient (Wildman–Crippen LogP) is 7.63. The number of carbonyl (C=O) groups excluding carboxylic acids is 1. The van der Waals surface area contributed by atoms with Crippen LogP contribution in [0.1, 0.15) is 49.8 Å². The molecule has 1 heterocycles. The van der Waals surface area contributed by atoms with Crippen molar-refractivity contribution >= 4 is 27.5 Å². The van der Waals surface area contributed by atoms with E-state index in [1.54, 1.807) is 29.2 Å². The van der Waals surface area contributed by atoms with Gasteiger partial charge >= 0.3 is 0 Å². The fourth-order valence-corrected chi connectivity index (χ4v) is 4.80. The van der Waals surface area contributed by atoms with Crippen molar-refractivity contribution < 1.29 is 18.3 Å². The summed E-state index contributed by atoms with van der Waals surface area (Å²) in [5.74, 6) is -0.00979. The van der Waals surface area contributed by atoms with Crippen molar-refractivity contribution in [3.8, 4) is 5.75 Å². The van der Waals surface area contributed by atoms with Crippen LogP contribution < -0.4 is 9.64 Å². The number of anilines is 1. The van der Waals surface area contributed by atoms with Crippen LogP contribution in [0.2, 0.25) is 0 Å². The maximum Gasteiger partial charge on any atom is 0.233 e. The molecule has 3 aromatic carbocycles. The number of rotatable bonds is 10. The van der Waals surface area contributed by atoms with Gasteiger partial charge < -0.3 is 9.64 Å². The van der Waals surface area contributed by atoms with Gasteiger partial charge in [0.05, 0.1) is 18.6 Å². The zero-order valence-electron chi connectivity index (χ0n) is 19.1. The van der Waals surface area contributed by atoms with Gasteiger partial charge in [0.15, 0.2) is 0 Å². The van der Waals surface area contributed by atoms with Crippen molar-refractivity contribution in [2.45, 2.75) is 45.1 Å². The van der Waals surface area contributed by atoms with Crippen LogP contribution in [0.4, 0.5) is 14.5 Å². The highest BCUT2D eigenvalue weighted by atomic mass is 79.9. The van der Waals surface area contributed by atoms with Crippen molar-refractivity contribution in [2.24, 2.45) is 5.92 Å². The van der Waals surface area contributed by atoms with Crippen molar-refractivity contribution in [3.63, 3.8) is 0 Å². The van der Waals surface area contributed by atoms with Gasteiger partial charge in [0.2, 0.25) is 5.91 Å². The lowest BCUT2D eigenvalue weighted by atomic mass is 9.78. The highest BCUT2D eigenvalue weighted by Gasteiger charge is 2.49. The van der Waals surface area contributed by atoms with Crippen LogP contribution in [0.25, 0.3) is 0 Å². The van der Waals surface area contributed by atoms with Gasteiger partial charge in [0.1, 0.15) is 17.4 Å².